The van der Waals surface area contributed by atoms with Gasteiger partial charge in [-0.1, -0.05) is 13.0 Å². The van der Waals surface area contributed by atoms with Crippen LogP contribution in [0.2, 0.25) is 0 Å². The third kappa shape index (κ3) is 2.49. The summed E-state index contributed by atoms with van der Waals surface area (Å²) in [5.74, 6) is 0.0423. The van der Waals surface area contributed by atoms with E-state index in [1.807, 2.05) is 13.0 Å². The summed E-state index contributed by atoms with van der Waals surface area (Å²) < 4.78 is 13.7. The van der Waals surface area contributed by atoms with Crippen molar-refractivity contribution < 1.29 is 9.18 Å². The maximum atomic E-state index is 13.7. The van der Waals surface area contributed by atoms with E-state index in [0.29, 0.717) is 12.5 Å². The number of benzene rings is 1. The van der Waals surface area contributed by atoms with E-state index in [0.717, 1.165) is 31.5 Å². The van der Waals surface area contributed by atoms with Crippen molar-refractivity contribution in [2.45, 2.75) is 64.1 Å². The summed E-state index contributed by atoms with van der Waals surface area (Å²) >= 11 is 0. The highest BCUT2D eigenvalue weighted by Crippen LogP contribution is 2.43. The molecule has 4 heteroatoms. The van der Waals surface area contributed by atoms with Crippen molar-refractivity contribution in [3.05, 3.63) is 30.1 Å². The van der Waals surface area contributed by atoms with Gasteiger partial charge in [0.15, 0.2) is 0 Å². The first-order chi connectivity index (χ1) is 10.4. The summed E-state index contributed by atoms with van der Waals surface area (Å²) in [7, 11) is 0. The van der Waals surface area contributed by atoms with Crippen LogP contribution in [0.4, 0.5) is 10.1 Å². The Hall–Kier alpha value is -1.58. The Morgan fingerprint density at radius 2 is 2.14 bits per heavy atom. The topological polar surface area (TPSA) is 23.6 Å². The molecule has 2 heterocycles. The molecule has 0 aromatic heterocycles. The van der Waals surface area contributed by atoms with E-state index in [1.54, 1.807) is 12.1 Å². The quantitative estimate of drug-likeness (QED) is 0.833. The summed E-state index contributed by atoms with van der Waals surface area (Å²) in [6, 6.07) is 7.39. The van der Waals surface area contributed by atoms with Crippen molar-refractivity contribution in [1.82, 2.24) is 4.90 Å². The van der Waals surface area contributed by atoms with Crippen LogP contribution in [0.1, 0.15) is 46.5 Å². The van der Waals surface area contributed by atoms with E-state index in [-0.39, 0.29) is 23.3 Å². The maximum absolute atomic E-state index is 13.7. The molecule has 0 aliphatic carbocycles. The molecule has 2 fully saturated rings. The maximum Gasteiger partial charge on any atom is 0.222 e. The Balaban J connectivity index is 1.96. The van der Waals surface area contributed by atoms with Crippen LogP contribution in [0.15, 0.2) is 24.3 Å². The van der Waals surface area contributed by atoms with Gasteiger partial charge in [0.25, 0.3) is 0 Å². The zero-order valence-electron chi connectivity index (χ0n) is 13.7. The molecule has 3 nitrogen and oxygen atoms in total. The molecule has 1 aromatic carbocycles. The van der Waals surface area contributed by atoms with E-state index in [1.165, 1.54) is 6.07 Å². The number of hydrogen-bond donors (Lipinski definition) is 0. The average Bonchev–Trinajstić information content (AvgIpc) is 2.76. The van der Waals surface area contributed by atoms with Crippen LogP contribution < -0.4 is 4.90 Å². The minimum absolute atomic E-state index is 0.0697. The molecule has 1 aromatic rings. The largest absolute Gasteiger partial charge is 0.361 e. The Bertz CT molecular complexity index is 572. The molecule has 3 rings (SSSR count). The molecule has 2 aliphatic heterocycles. The van der Waals surface area contributed by atoms with E-state index in [9.17, 15) is 9.18 Å². The van der Waals surface area contributed by atoms with Crippen LogP contribution in [0.3, 0.4) is 0 Å². The van der Waals surface area contributed by atoms with E-state index in [2.05, 4.69) is 23.6 Å². The van der Waals surface area contributed by atoms with Crippen LogP contribution >= 0.6 is 0 Å². The van der Waals surface area contributed by atoms with Gasteiger partial charge >= 0.3 is 0 Å². The van der Waals surface area contributed by atoms with Crippen molar-refractivity contribution in [1.29, 1.82) is 0 Å². The van der Waals surface area contributed by atoms with Gasteiger partial charge in [-0.15, -0.1) is 0 Å². The molecular formula is C18H25FN2O. The van der Waals surface area contributed by atoms with Gasteiger partial charge in [0.2, 0.25) is 5.91 Å². The first kappa shape index (κ1) is 15.3. The summed E-state index contributed by atoms with van der Waals surface area (Å²) in [6.45, 7) is 7.19. The van der Waals surface area contributed by atoms with Crippen LogP contribution in [-0.2, 0) is 4.79 Å². The van der Waals surface area contributed by atoms with E-state index >= 15 is 0 Å². The number of amides is 1. The lowest BCUT2D eigenvalue weighted by molar-refractivity contribution is -0.134. The number of likely N-dealkylation sites (tertiary alicyclic amines) is 1. The number of carbonyl (C=O) groups is 1. The highest BCUT2D eigenvalue weighted by atomic mass is 19.1. The molecule has 0 N–H and O–H groups in total. The number of carbonyl (C=O) groups excluding carboxylic acids is 1. The third-order valence-corrected chi connectivity index (χ3v) is 5.15. The highest BCUT2D eigenvalue weighted by Gasteiger charge is 2.50. The Labute approximate surface area is 132 Å². The van der Waals surface area contributed by atoms with Crippen molar-refractivity contribution in [2.24, 2.45) is 0 Å². The zero-order valence-corrected chi connectivity index (χ0v) is 13.7. The van der Waals surface area contributed by atoms with Crippen LogP contribution in [-0.4, -0.2) is 35.0 Å². The molecule has 1 amide bonds. The number of fused-ring (bicyclic) bond motifs is 1. The second-order valence-electron chi connectivity index (χ2n) is 7.08. The van der Waals surface area contributed by atoms with Crippen LogP contribution in [0, 0.1) is 5.82 Å². The highest BCUT2D eigenvalue weighted by molar-refractivity contribution is 5.76. The number of hydrogen-bond acceptors (Lipinski definition) is 2. The van der Waals surface area contributed by atoms with Crippen molar-refractivity contribution in [3.63, 3.8) is 0 Å². The first-order valence-corrected chi connectivity index (χ1v) is 8.28. The fourth-order valence-corrected chi connectivity index (χ4v) is 4.32. The number of nitrogens with zero attached hydrogens (tertiary/aromatic N) is 2. The Kier molecular flexibility index (Phi) is 3.87. The first-order valence-electron chi connectivity index (χ1n) is 8.28. The molecule has 0 spiro atoms. The molecule has 22 heavy (non-hydrogen) atoms. The lowest BCUT2D eigenvalue weighted by Crippen LogP contribution is -2.52. The lowest BCUT2D eigenvalue weighted by atomic mass is 9.94. The molecule has 0 radical (unpaired) electrons. The third-order valence-electron chi connectivity index (χ3n) is 5.15. The van der Waals surface area contributed by atoms with Gasteiger partial charge < -0.3 is 9.80 Å². The minimum atomic E-state index is -0.200. The fraction of sp³-hybridized carbons (Fsp3) is 0.611. The normalized spacial score (nSPS) is 26.9. The SMILES string of the molecule is CCC(=O)N1CCC[C@H]2[C@@H]1CC(C)(C)N2c1cccc(F)c1. The number of piperidine rings is 1. The zero-order chi connectivity index (χ0) is 15.9. The van der Waals surface area contributed by atoms with Gasteiger partial charge in [-0.25, -0.2) is 4.39 Å². The van der Waals surface area contributed by atoms with Gasteiger partial charge in [0, 0.05) is 24.2 Å². The van der Waals surface area contributed by atoms with Gasteiger partial charge in [-0.3, -0.25) is 4.79 Å². The molecule has 0 unspecified atom stereocenters. The molecule has 2 atom stereocenters. The molecule has 2 saturated heterocycles. The lowest BCUT2D eigenvalue weighted by Gasteiger charge is -2.42. The fourth-order valence-electron chi connectivity index (χ4n) is 4.32. The molecule has 0 saturated carbocycles. The van der Waals surface area contributed by atoms with Gasteiger partial charge in [0.1, 0.15) is 5.82 Å². The number of anilines is 1. The summed E-state index contributed by atoms with van der Waals surface area (Å²) in [6.07, 6.45) is 3.59. The van der Waals surface area contributed by atoms with E-state index in [4.69, 9.17) is 0 Å². The smallest absolute Gasteiger partial charge is 0.222 e. The van der Waals surface area contributed by atoms with Crippen molar-refractivity contribution >= 4 is 11.6 Å². The molecule has 2 aliphatic rings. The predicted octanol–water partition coefficient (Wildman–Crippen LogP) is 3.58. The van der Waals surface area contributed by atoms with Gasteiger partial charge in [-0.2, -0.15) is 0 Å². The second-order valence-corrected chi connectivity index (χ2v) is 7.08. The Morgan fingerprint density at radius 3 is 2.82 bits per heavy atom. The standard InChI is InChI=1S/C18H25FN2O/c1-4-17(22)20-10-6-9-15-16(20)12-18(2,3)21(15)14-8-5-7-13(19)11-14/h5,7-8,11,15-16H,4,6,9-10,12H2,1-3H3/t15-,16-/m0/s1. The number of halogens is 1. The van der Waals surface area contributed by atoms with Gasteiger partial charge in [0.05, 0.1) is 12.1 Å². The van der Waals surface area contributed by atoms with E-state index < -0.39 is 0 Å². The molecule has 120 valence electrons. The predicted molar refractivity (Wildman–Crippen MR) is 86.4 cm³/mol. The second kappa shape index (κ2) is 5.56. The Morgan fingerprint density at radius 1 is 1.36 bits per heavy atom. The monoisotopic (exact) mass is 304 g/mol. The van der Waals surface area contributed by atoms with Crippen molar-refractivity contribution in [3.8, 4) is 0 Å². The number of rotatable bonds is 2. The van der Waals surface area contributed by atoms with Crippen molar-refractivity contribution in [2.75, 3.05) is 11.4 Å². The minimum Gasteiger partial charge on any atom is -0.361 e. The van der Waals surface area contributed by atoms with Crippen LogP contribution in [0.25, 0.3) is 0 Å². The molecule has 0 bridgehead atoms. The summed E-state index contributed by atoms with van der Waals surface area (Å²) in [4.78, 5) is 16.7. The molecular weight excluding hydrogens is 279 g/mol. The summed E-state index contributed by atoms with van der Waals surface area (Å²) in [5, 5.41) is 0. The van der Waals surface area contributed by atoms with Crippen LogP contribution in [0.5, 0.6) is 0 Å². The summed E-state index contributed by atoms with van der Waals surface area (Å²) in [5.41, 5.74) is 0.864. The van der Waals surface area contributed by atoms with Gasteiger partial charge in [-0.05, 0) is 51.3 Å². The average molecular weight is 304 g/mol.